The van der Waals surface area contributed by atoms with Gasteiger partial charge in [0.25, 0.3) is 0 Å². The number of halogens is 1. The van der Waals surface area contributed by atoms with Crippen molar-refractivity contribution in [3.8, 4) is 33.4 Å². The zero-order valence-corrected chi connectivity index (χ0v) is 24.7. The van der Waals surface area contributed by atoms with Crippen LogP contribution in [0.2, 0.25) is 0 Å². The molecular formula is C30H34ClNO5S2. The summed E-state index contributed by atoms with van der Waals surface area (Å²) in [6.45, 7) is 5.58. The van der Waals surface area contributed by atoms with Crippen molar-refractivity contribution in [1.82, 2.24) is 4.90 Å². The maximum Gasteiger partial charge on any atom is 0.187 e. The van der Waals surface area contributed by atoms with Crippen LogP contribution in [0.25, 0.3) is 21.2 Å². The van der Waals surface area contributed by atoms with E-state index in [2.05, 4.69) is 4.90 Å². The minimum Gasteiger partial charge on any atom is -0.497 e. The molecule has 0 N–H and O–H groups in total. The highest BCUT2D eigenvalue weighted by Gasteiger charge is 2.19. The molecule has 39 heavy (non-hydrogen) atoms. The van der Waals surface area contributed by atoms with Gasteiger partial charge >= 0.3 is 0 Å². The number of hydrogen-bond acceptors (Lipinski definition) is 7. The molecule has 1 aromatic heterocycles. The number of hydrogen-bond donors (Lipinski definition) is 0. The van der Waals surface area contributed by atoms with E-state index < -0.39 is 9.84 Å². The predicted octanol–water partition coefficient (Wildman–Crippen LogP) is 7.45. The molecular weight excluding hydrogens is 554 g/mol. The van der Waals surface area contributed by atoms with E-state index in [0.29, 0.717) is 22.3 Å². The molecule has 9 heteroatoms. The van der Waals surface area contributed by atoms with Gasteiger partial charge in [-0.25, -0.2) is 8.42 Å². The van der Waals surface area contributed by atoms with Crippen molar-refractivity contribution >= 4 is 44.4 Å². The molecule has 0 amide bonds. The van der Waals surface area contributed by atoms with Gasteiger partial charge in [0.15, 0.2) is 9.84 Å². The van der Waals surface area contributed by atoms with Crippen LogP contribution in [0.15, 0.2) is 70.9 Å². The van der Waals surface area contributed by atoms with E-state index in [1.165, 1.54) is 30.6 Å². The first-order valence-electron chi connectivity index (χ1n) is 13.0. The monoisotopic (exact) mass is 587 g/mol. The van der Waals surface area contributed by atoms with Crippen LogP contribution in [-0.2, 0) is 9.84 Å². The molecule has 0 aliphatic carbocycles. The van der Waals surface area contributed by atoms with Crippen molar-refractivity contribution in [2.45, 2.75) is 30.4 Å². The molecule has 5 rings (SSSR count). The molecule has 1 fully saturated rings. The Morgan fingerprint density at radius 2 is 1.59 bits per heavy atom. The molecule has 0 unspecified atom stereocenters. The molecule has 0 spiro atoms. The van der Waals surface area contributed by atoms with Crippen LogP contribution in [0.3, 0.4) is 0 Å². The van der Waals surface area contributed by atoms with E-state index in [1.807, 2.05) is 60.7 Å². The minimum absolute atomic E-state index is 0. The van der Waals surface area contributed by atoms with Crippen LogP contribution < -0.4 is 14.2 Å². The van der Waals surface area contributed by atoms with Gasteiger partial charge in [0.2, 0.25) is 0 Å². The SMILES string of the molecule is CCS(=O)(=O)c1ccc(-c2ccc3cc(OC)ccc3c2Oc2ccc(OCCN3CCCCC3)cc2)s1.Cl. The third-order valence-corrected chi connectivity index (χ3v) is 10.3. The van der Waals surface area contributed by atoms with Gasteiger partial charge in [-0.05, 0) is 92.0 Å². The standard InChI is InChI=1S/C30H33NO5S2.ClH/c1-3-38(32,33)29-16-15-28(37-29)27-13-7-22-21-25(34-2)12-14-26(22)30(27)36-24-10-8-23(9-11-24)35-20-19-31-17-5-4-6-18-31;/h7-16,21H,3-6,17-20H2,1-2H3;1H. The number of rotatable bonds is 10. The molecule has 0 atom stereocenters. The molecule has 1 saturated heterocycles. The molecule has 1 aliphatic rings. The van der Waals surface area contributed by atoms with Crippen LogP contribution >= 0.6 is 23.7 Å². The van der Waals surface area contributed by atoms with E-state index in [0.717, 1.165) is 52.3 Å². The quantitative estimate of drug-likeness (QED) is 0.192. The van der Waals surface area contributed by atoms with Crippen molar-refractivity contribution in [2.75, 3.05) is 39.1 Å². The second-order valence-corrected chi connectivity index (χ2v) is 13.0. The summed E-state index contributed by atoms with van der Waals surface area (Å²) < 4.78 is 43.1. The van der Waals surface area contributed by atoms with E-state index in [4.69, 9.17) is 14.2 Å². The molecule has 0 saturated carbocycles. The largest absolute Gasteiger partial charge is 0.497 e. The number of thiophene rings is 1. The van der Waals surface area contributed by atoms with Crippen molar-refractivity contribution < 1.29 is 22.6 Å². The Labute approximate surface area is 240 Å². The zero-order valence-electron chi connectivity index (χ0n) is 22.2. The lowest BCUT2D eigenvalue weighted by molar-refractivity contribution is 0.183. The van der Waals surface area contributed by atoms with Crippen LogP contribution in [0, 0.1) is 0 Å². The highest BCUT2D eigenvalue weighted by molar-refractivity contribution is 7.93. The van der Waals surface area contributed by atoms with Gasteiger partial charge in [-0.3, -0.25) is 4.90 Å². The Bertz CT molecular complexity index is 1500. The second kappa shape index (κ2) is 13.0. The molecule has 6 nitrogen and oxygen atoms in total. The number of ether oxygens (including phenoxy) is 3. The van der Waals surface area contributed by atoms with Crippen molar-refractivity contribution in [2.24, 2.45) is 0 Å². The smallest absolute Gasteiger partial charge is 0.187 e. The van der Waals surface area contributed by atoms with Gasteiger partial charge < -0.3 is 14.2 Å². The van der Waals surface area contributed by atoms with Gasteiger partial charge in [0.05, 0.1) is 12.9 Å². The topological polar surface area (TPSA) is 65.1 Å². The fourth-order valence-electron chi connectivity index (χ4n) is 4.68. The Hall–Kier alpha value is -2.78. The van der Waals surface area contributed by atoms with Gasteiger partial charge in [-0.15, -0.1) is 23.7 Å². The van der Waals surface area contributed by atoms with E-state index >= 15 is 0 Å². The molecule has 208 valence electrons. The Kier molecular flexibility index (Phi) is 9.77. The highest BCUT2D eigenvalue weighted by Crippen LogP contribution is 2.43. The number of benzene rings is 3. The lowest BCUT2D eigenvalue weighted by Crippen LogP contribution is -2.33. The second-order valence-electron chi connectivity index (χ2n) is 9.38. The first-order valence-corrected chi connectivity index (χ1v) is 15.5. The number of sulfone groups is 1. The summed E-state index contributed by atoms with van der Waals surface area (Å²) in [5.41, 5.74) is 0.840. The zero-order chi connectivity index (χ0) is 26.5. The summed E-state index contributed by atoms with van der Waals surface area (Å²) in [6.07, 6.45) is 3.88. The number of likely N-dealkylation sites (tertiary alicyclic amines) is 1. The molecule has 3 aromatic carbocycles. The maximum absolute atomic E-state index is 12.5. The first kappa shape index (κ1) is 29.2. The van der Waals surface area contributed by atoms with E-state index in [1.54, 1.807) is 20.1 Å². The van der Waals surface area contributed by atoms with Gasteiger partial charge in [-0.1, -0.05) is 19.4 Å². The lowest BCUT2D eigenvalue weighted by atomic mass is 10.0. The molecule has 0 bridgehead atoms. The number of fused-ring (bicyclic) bond motifs is 1. The van der Waals surface area contributed by atoms with Gasteiger partial charge in [-0.2, -0.15) is 0 Å². The van der Waals surface area contributed by atoms with Gasteiger partial charge in [0, 0.05) is 22.4 Å². The minimum atomic E-state index is -3.28. The van der Waals surface area contributed by atoms with Crippen molar-refractivity contribution in [3.63, 3.8) is 0 Å². The third kappa shape index (κ3) is 6.87. The summed E-state index contributed by atoms with van der Waals surface area (Å²) in [7, 11) is -1.64. The van der Waals surface area contributed by atoms with E-state index in [-0.39, 0.29) is 18.2 Å². The van der Waals surface area contributed by atoms with Gasteiger partial charge in [0.1, 0.15) is 33.8 Å². The Morgan fingerprint density at radius 1 is 0.872 bits per heavy atom. The lowest BCUT2D eigenvalue weighted by Gasteiger charge is -2.26. The Balaban J connectivity index is 0.00000353. The number of methoxy groups -OCH3 is 1. The normalized spacial score (nSPS) is 14.1. The third-order valence-electron chi connectivity index (χ3n) is 6.88. The summed E-state index contributed by atoms with van der Waals surface area (Å²) in [6, 6.07) is 21.0. The van der Waals surface area contributed by atoms with Crippen LogP contribution in [0.1, 0.15) is 26.2 Å². The average Bonchev–Trinajstić information content (AvgIpc) is 3.45. The van der Waals surface area contributed by atoms with E-state index in [9.17, 15) is 8.42 Å². The van der Waals surface area contributed by atoms with Crippen LogP contribution in [-0.4, -0.2) is 52.4 Å². The summed E-state index contributed by atoms with van der Waals surface area (Å²) in [5.74, 6) is 2.99. The fraction of sp³-hybridized carbons (Fsp3) is 0.333. The molecule has 2 heterocycles. The van der Waals surface area contributed by atoms with Crippen molar-refractivity contribution in [1.29, 1.82) is 0 Å². The number of nitrogens with zero attached hydrogens (tertiary/aromatic N) is 1. The summed E-state index contributed by atoms with van der Waals surface area (Å²) in [4.78, 5) is 3.29. The summed E-state index contributed by atoms with van der Waals surface area (Å²) >= 11 is 1.26. The van der Waals surface area contributed by atoms with Crippen molar-refractivity contribution in [3.05, 3.63) is 66.7 Å². The number of piperidine rings is 1. The highest BCUT2D eigenvalue weighted by atomic mass is 35.5. The van der Waals surface area contributed by atoms with Crippen LogP contribution in [0.5, 0.6) is 23.0 Å². The predicted molar refractivity (Wildman–Crippen MR) is 161 cm³/mol. The molecule has 0 radical (unpaired) electrons. The summed E-state index contributed by atoms with van der Waals surface area (Å²) in [5, 5.41) is 1.89. The average molecular weight is 588 g/mol. The molecule has 4 aromatic rings. The first-order chi connectivity index (χ1) is 18.5. The maximum atomic E-state index is 12.5. The Morgan fingerprint density at radius 3 is 2.31 bits per heavy atom. The van der Waals surface area contributed by atoms with Crippen LogP contribution in [0.4, 0.5) is 0 Å². The fourth-order valence-corrected chi connectivity index (χ4v) is 7.13. The molecule has 1 aliphatic heterocycles.